The van der Waals surface area contributed by atoms with Gasteiger partial charge in [0.2, 0.25) is 11.8 Å². The van der Waals surface area contributed by atoms with E-state index in [1.165, 1.54) is 0 Å². The summed E-state index contributed by atoms with van der Waals surface area (Å²) in [7, 11) is 0. The first-order chi connectivity index (χ1) is 8.98. The van der Waals surface area contributed by atoms with Gasteiger partial charge in [0.25, 0.3) is 0 Å². The van der Waals surface area contributed by atoms with Crippen molar-refractivity contribution in [3.05, 3.63) is 23.2 Å². The quantitative estimate of drug-likeness (QED) is 0.531. The number of hydrogen-bond donors (Lipinski definition) is 3. The number of hydrogen-bond acceptors (Lipinski definition) is 4. The molecule has 19 heavy (non-hydrogen) atoms. The second-order valence-corrected chi connectivity index (χ2v) is 5.40. The summed E-state index contributed by atoms with van der Waals surface area (Å²) in [6.45, 7) is 1.85. The number of allylic oxidation sites excluding steroid dienone is 2. The number of rotatable bonds is 0. The van der Waals surface area contributed by atoms with Gasteiger partial charge >= 0.3 is 0 Å². The normalized spacial score (nSPS) is 36.7. The first-order valence-corrected chi connectivity index (χ1v) is 6.22. The molecule has 2 aliphatic heterocycles. The Morgan fingerprint density at radius 3 is 2.74 bits per heavy atom. The molecule has 0 aromatic carbocycles. The molecule has 4 N–H and O–H groups in total. The Kier molecular flexibility index (Phi) is 2.10. The number of nitrogens with two attached hydrogens (primary N) is 1. The third-order valence-electron chi connectivity index (χ3n) is 4.59. The van der Waals surface area contributed by atoms with Gasteiger partial charge in [-0.05, 0) is 19.3 Å². The van der Waals surface area contributed by atoms with Crippen molar-refractivity contribution in [3.8, 4) is 6.07 Å². The Bertz CT molecular complexity index is 613. The van der Waals surface area contributed by atoms with E-state index in [1.54, 1.807) is 0 Å². The predicted molar refractivity (Wildman–Crippen MR) is 65.6 cm³/mol. The zero-order chi connectivity index (χ0) is 13.8. The highest BCUT2D eigenvalue weighted by atomic mass is 16.2. The van der Waals surface area contributed by atoms with Gasteiger partial charge in [-0.25, -0.2) is 0 Å². The highest BCUT2D eigenvalue weighted by Gasteiger charge is 2.70. The summed E-state index contributed by atoms with van der Waals surface area (Å²) in [5, 5.41) is 14.5. The lowest BCUT2D eigenvalue weighted by molar-refractivity contribution is -0.141. The Morgan fingerprint density at radius 1 is 1.37 bits per heavy atom. The molecule has 0 unspecified atom stereocenters. The van der Waals surface area contributed by atoms with Crippen molar-refractivity contribution >= 4 is 11.8 Å². The van der Waals surface area contributed by atoms with E-state index < -0.39 is 22.6 Å². The van der Waals surface area contributed by atoms with Crippen molar-refractivity contribution in [2.45, 2.75) is 26.2 Å². The molecule has 6 heteroatoms. The fraction of sp³-hybridized carbons (Fsp3) is 0.462. The van der Waals surface area contributed by atoms with Gasteiger partial charge < -0.3 is 16.4 Å². The minimum absolute atomic E-state index is 0.00398. The van der Waals surface area contributed by atoms with Gasteiger partial charge in [-0.15, -0.1) is 0 Å². The van der Waals surface area contributed by atoms with E-state index in [2.05, 4.69) is 10.6 Å². The van der Waals surface area contributed by atoms with E-state index in [1.807, 2.05) is 19.1 Å². The van der Waals surface area contributed by atoms with Gasteiger partial charge in [0, 0.05) is 11.1 Å². The predicted octanol–water partition coefficient (Wildman–Crippen LogP) is 0.000380. The zero-order valence-electron chi connectivity index (χ0n) is 10.5. The van der Waals surface area contributed by atoms with Crippen molar-refractivity contribution in [1.82, 2.24) is 10.6 Å². The maximum Gasteiger partial charge on any atom is 0.247 e. The second-order valence-electron chi connectivity index (χ2n) is 5.40. The SMILES string of the molecule is C[C@@]12CCCC=C1NC(=O)[C@]21C(=O)NC(N)=C1C#N. The molecule has 2 atom stereocenters. The van der Waals surface area contributed by atoms with Crippen LogP contribution in [-0.2, 0) is 9.59 Å². The van der Waals surface area contributed by atoms with E-state index in [-0.39, 0.29) is 11.4 Å². The minimum Gasteiger partial charge on any atom is -0.384 e. The van der Waals surface area contributed by atoms with Crippen LogP contribution in [0.1, 0.15) is 26.2 Å². The maximum atomic E-state index is 12.4. The molecular weight excluding hydrogens is 244 g/mol. The highest BCUT2D eigenvalue weighted by molar-refractivity contribution is 6.15. The van der Waals surface area contributed by atoms with Crippen LogP contribution in [0.15, 0.2) is 23.2 Å². The third-order valence-corrected chi connectivity index (χ3v) is 4.59. The van der Waals surface area contributed by atoms with Gasteiger partial charge in [0.05, 0.1) is 5.57 Å². The van der Waals surface area contributed by atoms with Crippen molar-refractivity contribution in [1.29, 1.82) is 5.26 Å². The number of nitriles is 1. The summed E-state index contributed by atoms with van der Waals surface area (Å²) in [5.74, 6) is -0.944. The number of carbonyl (C=O) groups is 2. The largest absolute Gasteiger partial charge is 0.384 e. The zero-order valence-corrected chi connectivity index (χ0v) is 10.5. The molecule has 0 radical (unpaired) electrons. The molecule has 98 valence electrons. The van der Waals surface area contributed by atoms with E-state index in [4.69, 9.17) is 5.73 Å². The lowest BCUT2D eigenvalue weighted by Crippen LogP contribution is -2.49. The van der Waals surface area contributed by atoms with Crippen LogP contribution in [0.5, 0.6) is 0 Å². The lowest BCUT2D eigenvalue weighted by atomic mass is 9.58. The van der Waals surface area contributed by atoms with Gasteiger partial charge in [0.1, 0.15) is 11.9 Å². The van der Waals surface area contributed by atoms with Gasteiger partial charge in [0.15, 0.2) is 5.41 Å². The van der Waals surface area contributed by atoms with Crippen LogP contribution in [0.4, 0.5) is 0 Å². The van der Waals surface area contributed by atoms with Gasteiger partial charge in [-0.2, -0.15) is 5.26 Å². The smallest absolute Gasteiger partial charge is 0.247 e. The average Bonchev–Trinajstić information content (AvgIpc) is 2.75. The van der Waals surface area contributed by atoms with Gasteiger partial charge in [-0.1, -0.05) is 13.0 Å². The standard InChI is InChI=1S/C13H14N4O2/c1-12-5-3-2-4-8(12)16-10(18)13(12)7(6-14)9(15)17-11(13)19/h4H,2-3,5,15H2,1H3,(H,16,18)(H,17,19)/t12-,13-/m1/s1. The fourth-order valence-electron chi connectivity index (χ4n) is 3.59. The van der Waals surface area contributed by atoms with Crippen LogP contribution in [0.25, 0.3) is 0 Å². The summed E-state index contributed by atoms with van der Waals surface area (Å²) in [5.41, 5.74) is 4.27. The van der Waals surface area contributed by atoms with Crippen LogP contribution >= 0.6 is 0 Å². The summed E-state index contributed by atoms with van der Waals surface area (Å²) in [6, 6.07) is 1.95. The van der Waals surface area contributed by atoms with Crippen molar-refractivity contribution in [3.63, 3.8) is 0 Å². The molecule has 3 rings (SSSR count). The van der Waals surface area contributed by atoms with E-state index in [9.17, 15) is 14.9 Å². The molecular formula is C13H14N4O2. The maximum absolute atomic E-state index is 12.4. The molecule has 1 spiro atoms. The minimum atomic E-state index is -1.50. The first-order valence-electron chi connectivity index (χ1n) is 6.22. The van der Waals surface area contributed by atoms with Crippen molar-refractivity contribution < 1.29 is 9.59 Å². The van der Waals surface area contributed by atoms with Crippen LogP contribution in [0.2, 0.25) is 0 Å². The van der Waals surface area contributed by atoms with E-state index in [0.29, 0.717) is 6.42 Å². The van der Waals surface area contributed by atoms with Crippen molar-refractivity contribution in [2.75, 3.05) is 0 Å². The summed E-state index contributed by atoms with van der Waals surface area (Å²) in [6.07, 6.45) is 4.35. The number of amides is 2. The molecule has 1 aliphatic carbocycles. The number of nitrogens with zero attached hydrogens (tertiary/aromatic N) is 1. The topological polar surface area (TPSA) is 108 Å². The Hall–Kier alpha value is -2.29. The fourth-order valence-corrected chi connectivity index (χ4v) is 3.59. The molecule has 1 fully saturated rings. The van der Waals surface area contributed by atoms with Crippen LogP contribution < -0.4 is 16.4 Å². The molecule has 0 aromatic rings. The Morgan fingerprint density at radius 2 is 2.05 bits per heavy atom. The summed E-state index contributed by atoms with van der Waals surface area (Å²) in [4.78, 5) is 24.8. The van der Waals surface area contributed by atoms with E-state index in [0.717, 1.165) is 18.5 Å². The molecule has 2 amide bonds. The number of nitrogens with one attached hydrogen (secondary N) is 2. The highest BCUT2D eigenvalue weighted by Crippen LogP contribution is 2.59. The third kappa shape index (κ3) is 1.06. The molecule has 1 saturated heterocycles. The Balaban J connectivity index is 2.32. The lowest BCUT2D eigenvalue weighted by Gasteiger charge is -2.38. The molecule has 0 bridgehead atoms. The second kappa shape index (κ2) is 3.38. The van der Waals surface area contributed by atoms with Crippen LogP contribution in [0, 0.1) is 22.2 Å². The average molecular weight is 258 g/mol. The first kappa shape index (κ1) is 11.8. The van der Waals surface area contributed by atoms with E-state index >= 15 is 0 Å². The summed E-state index contributed by atoms with van der Waals surface area (Å²) >= 11 is 0. The molecule has 2 heterocycles. The van der Waals surface area contributed by atoms with Crippen LogP contribution in [0.3, 0.4) is 0 Å². The number of carbonyl (C=O) groups excluding carboxylic acids is 2. The number of fused-ring (bicyclic) bond motifs is 2. The van der Waals surface area contributed by atoms with Crippen molar-refractivity contribution in [2.24, 2.45) is 16.6 Å². The molecule has 3 aliphatic rings. The molecule has 0 saturated carbocycles. The van der Waals surface area contributed by atoms with Crippen LogP contribution in [-0.4, -0.2) is 11.8 Å². The summed E-state index contributed by atoms with van der Waals surface area (Å²) < 4.78 is 0. The molecule has 0 aromatic heterocycles. The molecule has 6 nitrogen and oxygen atoms in total. The monoisotopic (exact) mass is 258 g/mol. The Labute approximate surface area is 110 Å². The van der Waals surface area contributed by atoms with Gasteiger partial charge in [-0.3, -0.25) is 9.59 Å².